The van der Waals surface area contributed by atoms with E-state index in [0.29, 0.717) is 6.04 Å². The number of likely N-dealkylation sites (tertiary alicyclic amines) is 1. The van der Waals surface area contributed by atoms with E-state index in [-0.39, 0.29) is 5.91 Å². The van der Waals surface area contributed by atoms with Crippen molar-refractivity contribution in [2.75, 3.05) is 45.8 Å². The minimum Gasteiger partial charge on any atom is -0.481 e. The Bertz CT molecular complexity index is 584. The van der Waals surface area contributed by atoms with Gasteiger partial charge in [0.25, 0.3) is 5.91 Å². The van der Waals surface area contributed by atoms with Crippen LogP contribution >= 0.6 is 0 Å². The highest BCUT2D eigenvalue weighted by Gasteiger charge is 2.33. The van der Waals surface area contributed by atoms with E-state index in [0.717, 1.165) is 63.5 Å². The van der Waals surface area contributed by atoms with Gasteiger partial charge in [-0.2, -0.15) is 0 Å². The fourth-order valence-corrected chi connectivity index (χ4v) is 3.89. The predicted octanol–water partition coefficient (Wildman–Crippen LogP) is 2.00. The maximum atomic E-state index is 12.7. The van der Waals surface area contributed by atoms with Crippen molar-refractivity contribution in [3.05, 3.63) is 29.8 Å². The first-order valence-corrected chi connectivity index (χ1v) is 9.55. The van der Waals surface area contributed by atoms with Crippen LogP contribution in [0.1, 0.15) is 25.8 Å². The highest BCUT2D eigenvalue weighted by molar-refractivity contribution is 5.81. The van der Waals surface area contributed by atoms with Crippen molar-refractivity contribution in [1.82, 2.24) is 14.7 Å². The van der Waals surface area contributed by atoms with Gasteiger partial charge in [0.1, 0.15) is 5.75 Å². The molecule has 5 heteroatoms. The summed E-state index contributed by atoms with van der Waals surface area (Å²) in [6.45, 7) is 13.5. The third-order valence-electron chi connectivity index (χ3n) is 5.50. The van der Waals surface area contributed by atoms with Crippen LogP contribution in [-0.2, 0) is 4.79 Å². The van der Waals surface area contributed by atoms with Gasteiger partial charge in [0.05, 0.1) is 0 Å². The SMILES string of the molecule is CCN1CCN([C@@H]2CCN(C(=O)[C@@H](C)Oc3cccc(C)c3)C2)CC1. The maximum absolute atomic E-state index is 12.7. The number of amides is 1. The van der Waals surface area contributed by atoms with Crippen molar-refractivity contribution in [1.29, 1.82) is 0 Å². The van der Waals surface area contributed by atoms with Crippen LogP contribution < -0.4 is 4.74 Å². The zero-order valence-electron chi connectivity index (χ0n) is 15.8. The second-order valence-electron chi connectivity index (χ2n) is 7.27. The van der Waals surface area contributed by atoms with Gasteiger partial charge in [-0.25, -0.2) is 0 Å². The lowest BCUT2D eigenvalue weighted by Gasteiger charge is -2.37. The lowest BCUT2D eigenvalue weighted by atomic mass is 10.2. The van der Waals surface area contributed by atoms with Gasteiger partial charge >= 0.3 is 0 Å². The van der Waals surface area contributed by atoms with Crippen LogP contribution in [0.2, 0.25) is 0 Å². The van der Waals surface area contributed by atoms with E-state index in [2.05, 4.69) is 16.7 Å². The number of likely N-dealkylation sites (N-methyl/N-ethyl adjacent to an activating group) is 1. The number of carbonyl (C=O) groups excluding carboxylic acids is 1. The molecule has 2 atom stereocenters. The zero-order valence-corrected chi connectivity index (χ0v) is 15.8. The molecule has 2 fully saturated rings. The minimum atomic E-state index is -0.433. The number of hydrogen-bond donors (Lipinski definition) is 0. The number of piperazine rings is 1. The molecule has 2 saturated heterocycles. The number of rotatable bonds is 5. The number of carbonyl (C=O) groups is 1. The summed E-state index contributed by atoms with van der Waals surface area (Å²) >= 11 is 0. The van der Waals surface area contributed by atoms with Gasteiger partial charge in [0.2, 0.25) is 0 Å². The highest BCUT2D eigenvalue weighted by atomic mass is 16.5. The number of aryl methyl sites for hydroxylation is 1. The van der Waals surface area contributed by atoms with Gasteiger partial charge in [-0.1, -0.05) is 19.1 Å². The van der Waals surface area contributed by atoms with Crippen LogP contribution in [0.4, 0.5) is 0 Å². The molecule has 1 aromatic carbocycles. The lowest BCUT2D eigenvalue weighted by Crippen LogP contribution is -2.51. The van der Waals surface area contributed by atoms with Crippen LogP contribution in [0.15, 0.2) is 24.3 Å². The summed E-state index contributed by atoms with van der Waals surface area (Å²) in [6.07, 6.45) is 0.646. The zero-order chi connectivity index (χ0) is 17.8. The maximum Gasteiger partial charge on any atom is 0.263 e. The molecule has 0 N–H and O–H groups in total. The Morgan fingerprint density at radius 1 is 1.24 bits per heavy atom. The number of hydrogen-bond acceptors (Lipinski definition) is 4. The number of nitrogens with zero attached hydrogens (tertiary/aromatic N) is 3. The Hall–Kier alpha value is -1.59. The standard InChI is InChI=1S/C20H31N3O2/c1-4-21-10-12-22(13-11-21)18-8-9-23(15-18)20(24)17(3)25-19-7-5-6-16(2)14-19/h5-7,14,17-18H,4,8-13,15H2,1-3H3/t17-,18-/m1/s1. The van der Waals surface area contributed by atoms with Gasteiger partial charge in [0.15, 0.2) is 6.10 Å². The molecule has 1 amide bonds. The first-order valence-electron chi connectivity index (χ1n) is 9.55. The summed E-state index contributed by atoms with van der Waals surface area (Å²) < 4.78 is 5.87. The molecule has 2 aliphatic heterocycles. The summed E-state index contributed by atoms with van der Waals surface area (Å²) in [4.78, 5) is 19.8. The second kappa shape index (κ2) is 8.19. The van der Waals surface area contributed by atoms with Gasteiger partial charge in [-0.15, -0.1) is 0 Å². The van der Waals surface area contributed by atoms with E-state index >= 15 is 0 Å². The molecular weight excluding hydrogens is 314 g/mol. The largest absolute Gasteiger partial charge is 0.481 e. The van der Waals surface area contributed by atoms with Crippen molar-refractivity contribution >= 4 is 5.91 Å². The third-order valence-corrected chi connectivity index (χ3v) is 5.50. The Morgan fingerprint density at radius 3 is 2.68 bits per heavy atom. The summed E-state index contributed by atoms with van der Waals surface area (Å²) in [7, 11) is 0. The highest BCUT2D eigenvalue weighted by Crippen LogP contribution is 2.20. The molecule has 0 aliphatic carbocycles. The van der Waals surface area contributed by atoms with Gasteiger partial charge in [-0.3, -0.25) is 9.69 Å². The van der Waals surface area contributed by atoms with Crippen LogP contribution in [0.25, 0.3) is 0 Å². The molecule has 138 valence electrons. The third kappa shape index (κ3) is 4.53. The van der Waals surface area contributed by atoms with Crippen LogP contribution in [0.3, 0.4) is 0 Å². The molecule has 0 radical (unpaired) electrons. The van der Waals surface area contributed by atoms with Crippen molar-refractivity contribution in [3.8, 4) is 5.75 Å². The number of ether oxygens (including phenoxy) is 1. The second-order valence-corrected chi connectivity index (χ2v) is 7.27. The van der Waals surface area contributed by atoms with Gasteiger partial charge in [-0.05, 0) is 44.5 Å². The van der Waals surface area contributed by atoms with Crippen molar-refractivity contribution in [3.63, 3.8) is 0 Å². The van der Waals surface area contributed by atoms with Crippen molar-refractivity contribution in [2.45, 2.75) is 39.3 Å². The van der Waals surface area contributed by atoms with E-state index in [1.54, 1.807) is 0 Å². The molecular formula is C20H31N3O2. The molecule has 1 aromatic rings. The van der Waals surface area contributed by atoms with E-state index in [9.17, 15) is 4.79 Å². The van der Waals surface area contributed by atoms with E-state index in [4.69, 9.17) is 4.74 Å². The Morgan fingerprint density at radius 2 is 2.00 bits per heavy atom. The molecule has 25 heavy (non-hydrogen) atoms. The molecule has 0 saturated carbocycles. The summed E-state index contributed by atoms with van der Waals surface area (Å²) in [5.41, 5.74) is 1.14. The first kappa shape index (κ1) is 18.2. The average molecular weight is 345 g/mol. The fourth-order valence-electron chi connectivity index (χ4n) is 3.89. The molecule has 0 aromatic heterocycles. The summed E-state index contributed by atoms with van der Waals surface area (Å²) in [5.74, 6) is 0.878. The molecule has 0 unspecified atom stereocenters. The molecule has 2 aliphatic rings. The Labute approximate surface area is 151 Å². The van der Waals surface area contributed by atoms with Crippen LogP contribution in [0, 0.1) is 6.92 Å². The quantitative estimate of drug-likeness (QED) is 0.818. The Balaban J connectivity index is 1.50. The lowest BCUT2D eigenvalue weighted by molar-refractivity contribution is -0.137. The van der Waals surface area contributed by atoms with E-state index in [1.807, 2.05) is 43.0 Å². The number of benzene rings is 1. The molecule has 0 bridgehead atoms. The topological polar surface area (TPSA) is 36.0 Å². The molecule has 3 rings (SSSR count). The molecule has 2 heterocycles. The van der Waals surface area contributed by atoms with Gasteiger partial charge in [0, 0.05) is 45.3 Å². The predicted molar refractivity (Wildman–Crippen MR) is 99.9 cm³/mol. The van der Waals surface area contributed by atoms with E-state index in [1.165, 1.54) is 0 Å². The fraction of sp³-hybridized carbons (Fsp3) is 0.650. The van der Waals surface area contributed by atoms with Crippen molar-refractivity contribution in [2.24, 2.45) is 0 Å². The average Bonchev–Trinajstić information content (AvgIpc) is 3.11. The normalized spacial score (nSPS) is 23.6. The smallest absolute Gasteiger partial charge is 0.263 e. The Kier molecular flexibility index (Phi) is 5.97. The van der Waals surface area contributed by atoms with Crippen molar-refractivity contribution < 1.29 is 9.53 Å². The summed E-state index contributed by atoms with van der Waals surface area (Å²) in [5, 5.41) is 0. The monoisotopic (exact) mass is 345 g/mol. The summed E-state index contributed by atoms with van der Waals surface area (Å²) in [6, 6.07) is 8.39. The molecule has 0 spiro atoms. The molecule has 5 nitrogen and oxygen atoms in total. The minimum absolute atomic E-state index is 0.108. The van der Waals surface area contributed by atoms with Crippen LogP contribution in [0.5, 0.6) is 5.75 Å². The first-order chi connectivity index (χ1) is 12.1. The van der Waals surface area contributed by atoms with Gasteiger partial charge < -0.3 is 14.5 Å². The van der Waals surface area contributed by atoms with Crippen LogP contribution in [-0.4, -0.2) is 78.6 Å². The van der Waals surface area contributed by atoms with E-state index < -0.39 is 6.10 Å².